The van der Waals surface area contributed by atoms with Crippen molar-refractivity contribution in [3.63, 3.8) is 0 Å². The van der Waals surface area contributed by atoms with E-state index in [-0.39, 0.29) is 0 Å². The van der Waals surface area contributed by atoms with Crippen LogP contribution in [0.25, 0.3) is 0 Å². The lowest BCUT2D eigenvalue weighted by atomic mass is 9.76. The van der Waals surface area contributed by atoms with E-state index < -0.39 is 0 Å². The predicted octanol–water partition coefficient (Wildman–Crippen LogP) is 4.76. The minimum Gasteiger partial charge on any atom is -0.311 e. The lowest BCUT2D eigenvalue weighted by Crippen LogP contribution is -2.39. The van der Waals surface area contributed by atoms with Crippen molar-refractivity contribution in [2.75, 3.05) is 0 Å². The smallest absolute Gasteiger partial charge is 0.00952 e. The van der Waals surface area contributed by atoms with Gasteiger partial charge in [0.2, 0.25) is 0 Å². The van der Waals surface area contributed by atoms with Crippen molar-refractivity contribution in [1.82, 2.24) is 5.32 Å². The van der Waals surface area contributed by atoms with Crippen molar-refractivity contribution in [2.24, 2.45) is 17.3 Å². The summed E-state index contributed by atoms with van der Waals surface area (Å²) in [6, 6.07) is 1.63. The van der Waals surface area contributed by atoms with Crippen LogP contribution in [0, 0.1) is 17.3 Å². The molecule has 2 fully saturated rings. The van der Waals surface area contributed by atoms with E-state index in [9.17, 15) is 0 Å². The van der Waals surface area contributed by atoms with E-state index in [0.717, 1.165) is 23.9 Å². The predicted molar refractivity (Wildman–Crippen MR) is 79.8 cm³/mol. The van der Waals surface area contributed by atoms with E-state index in [4.69, 9.17) is 0 Å². The zero-order chi connectivity index (χ0) is 13.2. The number of rotatable bonds is 2. The topological polar surface area (TPSA) is 12.0 Å². The minimum absolute atomic E-state index is 0.509. The van der Waals surface area contributed by atoms with Crippen molar-refractivity contribution >= 4 is 0 Å². The average molecular weight is 251 g/mol. The molecule has 18 heavy (non-hydrogen) atoms. The van der Waals surface area contributed by atoms with Gasteiger partial charge in [-0.05, 0) is 55.8 Å². The van der Waals surface area contributed by atoms with Gasteiger partial charge in [0.05, 0.1) is 0 Å². The Labute approximate surface area is 114 Å². The Morgan fingerprint density at radius 3 is 2.17 bits per heavy atom. The molecule has 0 bridgehead atoms. The van der Waals surface area contributed by atoms with Crippen LogP contribution in [0.4, 0.5) is 0 Å². The van der Waals surface area contributed by atoms with Crippen LogP contribution in [-0.2, 0) is 0 Å². The Hall–Kier alpha value is -0.0400. The van der Waals surface area contributed by atoms with Crippen molar-refractivity contribution in [3.05, 3.63) is 0 Å². The number of nitrogens with one attached hydrogen (secondary N) is 1. The SMILES string of the molecule is CC1CCCC1NC1CCCC(C(C)(C)C)CC1. The van der Waals surface area contributed by atoms with Gasteiger partial charge >= 0.3 is 0 Å². The van der Waals surface area contributed by atoms with Crippen LogP contribution in [0.2, 0.25) is 0 Å². The molecule has 1 N–H and O–H groups in total. The Morgan fingerprint density at radius 2 is 1.56 bits per heavy atom. The highest BCUT2D eigenvalue weighted by Crippen LogP contribution is 2.37. The van der Waals surface area contributed by atoms with Crippen LogP contribution in [0.15, 0.2) is 0 Å². The molecule has 1 nitrogen and oxygen atoms in total. The summed E-state index contributed by atoms with van der Waals surface area (Å²) in [6.07, 6.45) is 11.4. The summed E-state index contributed by atoms with van der Waals surface area (Å²) in [5, 5.41) is 3.98. The highest BCUT2D eigenvalue weighted by molar-refractivity contribution is 4.86. The largest absolute Gasteiger partial charge is 0.311 e. The van der Waals surface area contributed by atoms with Gasteiger partial charge < -0.3 is 5.32 Å². The molecule has 2 aliphatic carbocycles. The summed E-state index contributed by atoms with van der Waals surface area (Å²) in [7, 11) is 0. The van der Waals surface area contributed by atoms with E-state index in [1.165, 1.54) is 51.4 Å². The van der Waals surface area contributed by atoms with Crippen LogP contribution in [0.5, 0.6) is 0 Å². The molecule has 0 radical (unpaired) electrons. The quantitative estimate of drug-likeness (QED) is 0.698. The van der Waals surface area contributed by atoms with Crippen LogP contribution in [0.1, 0.15) is 79.1 Å². The maximum Gasteiger partial charge on any atom is 0.00952 e. The molecule has 0 aliphatic heterocycles. The Morgan fingerprint density at radius 1 is 0.833 bits per heavy atom. The fraction of sp³-hybridized carbons (Fsp3) is 1.00. The standard InChI is InChI=1S/C17H33N/c1-13-7-5-10-16(13)18-15-9-6-8-14(11-12-15)17(2,3)4/h13-16,18H,5-12H2,1-4H3. The molecule has 2 saturated carbocycles. The molecular formula is C17H33N. The van der Waals surface area contributed by atoms with Crippen molar-refractivity contribution in [1.29, 1.82) is 0 Å². The second-order valence-corrected chi connectivity index (χ2v) is 7.95. The molecule has 0 aromatic carbocycles. The maximum absolute atomic E-state index is 3.98. The second-order valence-electron chi connectivity index (χ2n) is 7.95. The Balaban J connectivity index is 1.82. The normalized spacial score (nSPS) is 38.7. The zero-order valence-electron chi connectivity index (χ0n) is 13.0. The third kappa shape index (κ3) is 3.73. The van der Waals surface area contributed by atoms with Crippen LogP contribution in [-0.4, -0.2) is 12.1 Å². The van der Waals surface area contributed by atoms with E-state index in [1.807, 2.05) is 0 Å². The summed E-state index contributed by atoms with van der Waals surface area (Å²) in [6.45, 7) is 9.69. The zero-order valence-corrected chi connectivity index (χ0v) is 13.0. The van der Waals surface area contributed by atoms with E-state index in [1.54, 1.807) is 0 Å². The van der Waals surface area contributed by atoms with E-state index in [0.29, 0.717) is 5.41 Å². The maximum atomic E-state index is 3.98. The molecule has 106 valence electrons. The van der Waals surface area contributed by atoms with Crippen LogP contribution < -0.4 is 5.32 Å². The molecule has 1 heteroatoms. The van der Waals surface area contributed by atoms with Crippen molar-refractivity contribution in [2.45, 2.75) is 91.1 Å². The second kappa shape index (κ2) is 5.94. The molecule has 0 saturated heterocycles. The van der Waals surface area contributed by atoms with Gasteiger partial charge in [-0.1, -0.05) is 40.5 Å². The molecule has 2 aliphatic rings. The van der Waals surface area contributed by atoms with Crippen molar-refractivity contribution < 1.29 is 0 Å². The first-order valence-corrected chi connectivity index (χ1v) is 8.23. The summed E-state index contributed by atoms with van der Waals surface area (Å²) < 4.78 is 0. The molecule has 0 heterocycles. The molecule has 4 atom stereocenters. The molecular weight excluding hydrogens is 218 g/mol. The lowest BCUT2D eigenvalue weighted by Gasteiger charge is -2.30. The van der Waals surface area contributed by atoms with Gasteiger partial charge in [0.1, 0.15) is 0 Å². The molecule has 0 aromatic heterocycles. The summed E-state index contributed by atoms with van der Waals surface area (Å²) >= 11 is 0. The molecule has 0 amide bonds. The van der Waals surface area contributed by atoms with Gasteiger partial charge in [-0.3, -0.25) is 0 Å². The summed E-state index contributed by atoms with van der Waals surface area (Å²) in [5.41, 5.74) is 0.509. The first-order valence-electron chi connectivity index (χ1n) is 8.23. The molecule has 0 spiro atoms. The highest BCUT2D eigenvalue weighted by Gasteiger charge is 2.30. The third-order valence-electron chi connectivity index (χ3n) is 5.50. The Kier molecular flexibility index (Phi) is 4.75. The fourth-order valence-corrected chi connectivity index (χ4v) is 4.03. The first-order chi connectivity index (χ1) is 8.47. The van der Waals surface area contributed by atoms with Crippen LogP contribution in [0.3, 0.4) is 0 Å². The first kappa shape index (κ1) is 14.4. The number of hydrogen-bond donors (Lipinski definition) is 1. The van der Waals surface area contributed by atoms with Gasteiger partial charge in [0.15, 0.2) is 0 Å². The Bertz CT molecular complexity index is 253. The van der Waals surface area contributed by atoms with Gasteiger partial charge in [-0.25, -0.2) is 0 Å². The highest BCUT2D eigenvalue weighted by atomic mass is 15.0. The molecule has 0 aromatic rings. The summed E-state index contributed by atoms with van der Waals surface area (Å²) in [4.78, 5) is 0. The monoisotopic (exact) mass is 251 g/mol. The fourth-order valence-electron chi connectivity index (χ4n) is 4.03. The van der Waals surface area contributed by atoms with E-state index >= 15 is 0 Å². The van der Waals surface area contributed by atoms with Crippen molar-refractivity contribution in [3.8, 4) is 0 Å². The van der Waals surface area contributed by atoms with Gasteiger partial charge in [-0.2, -0.15) is 0 Å². The minimum atomic E-state index is 0.509. The summed E-state index contributed by atoms with van der Waals surface area (Å²) in [5.74, 6) is 1.84. The molecule has 2 rings (SSSR count). The van der Waals surface area contributed by atoms with Crippen LogP contribution >= 0.6 is 0 Å². The van der Waals surface area contributed by atoms with Gasteiger partial charge in [0, 0.05) is 12.1 Å². The molecule has 4 unspecified atom stereocenters. The third-order valence-corrected chi connectivity index (χ3v) is 5.50. The lowest BCUT2D eigenvalue weighted by molar-refractivity contribution is 0.212. The number of hydrogen-bond acceptors (Lipinski definition) is 1. The average Bonchev–Trinajstić information content (AvgIpc) is 2.54. The van der Waals surface area contributed by atoms with E-state index in [2.05, 4.69) is 33.0 Å². The van der Waals surface area contributed by atoms with Gasteiger partial charge in [0.25, 0.3) is 0 Å². The van der Waals surface area contributed by atoms with Gasteiger partial charge in [-0.15, -0.1) is 0 Å².